The van der Waals surface area contributed by atoms with Crippen LogP contribution in [0.3, 0.4) is 0 Å². The molecular weight excluding hydrogens is 436 g/mol. The number of aromatic amines is 1. The maximum atomic E-state index is 4.61. The molecule has 1 aromatic carbocycles. The van der Waals surface area contributed by atoms with Gasteiger partial charge in [-0.05, 0) is 97.5 Å². The molecule has 5 heteroatoms. The maximum Gasteiger partial charge on any atom is 0.140 e. The number of pyridine rings is 1. The van der Waals surface area contributed by atoms with Crippen LogP contribution in [-0.4, -0.2) is 50.1 Å². The number of rotatable bonds is 4. The summed E-state index contributed by atoms with van der Waals surface area (Å²) in [5.74, 6) is 3.82. The van der Waals surface area contributed by atoms with Crippen LogP contribution in [0.4, 0.5) is 0 Å². The van der Waals surface area contributed by atoms with Gasteiger partial charge in [-0.3, -0.25) is 0 Å². The average Bonchev–Trinajstić information content (AvgIpc) is 3.42. The van der Waals surface area contributed by atoms with Crippen molar-refractivity contribution < 1.29 is 0 Å². The van der Waals surface area contributed by atoms with Gasteiger partial charge in [-0.2, -0.15) is 11.8 Å². The summed E-state index contributed by atoms with van der Waals surface area (Å²) in [6.45, 7) is 7.17. The number of hydrogen-bond donors (Lipinski definition) is 1. The normalized spacial score (nSPS) is 19.1. The monoisotopic (exact) mass is 472 g/mol. The second-order valence-corrected chi connectivity index (χ2v) is 11.8. The number of thioether (sulfide) groups is 1. The van der Waals surface area contributed by atoms with Crippen molar-refractivity contribution in [3.05, 3.63) is 53.9 Å². The third-order valence-electron chi connectivity index (χ3n) is 8.15. The van der Waals surface area contributed by atoms with E-state index in [-0.39, 0.29) is 0 Å². The van der Waals surface area contributed by atoms with Gasteiger partial charge in [0.15, 0.2) is 0 Å². The minimum Gasteiger partial charge on any atom is -0.354 e. The molecule has 6 rings (SSSR count). The Morgan fingerprint density at radius 1 is 1.03 bits per heavy atom. The lowest BCUT2D eigenvalue weighted by Crippen LogP contribution is -2.42. The molecule has 0 amide bonds. The van der Waals surface area contributed by atoms with Crippen LogP contribution in [0.15, 0.2) is 42.7 Å². The Kier molecular flexibility index (Phi) is 5.94. The third kappa shape index (κ3) is 3.87. The molecule has 3 aromatic heterocycles. The molecule has 0 atom stereocenters. The highest BCUT2D eigenvalue weighted by atomic mass is 32.2. The molecular formula is C29H36N4S. The van der Waals surface area contributed by atoms with Gasteiger partial charge in [0.25, 0.3) is 0 Å². The summed E-state index contributed by atoms with van der Waals surface area (Å²) in [6.07, 6.45) is 9.46. The van der Waals surface area contributed by atoms with Crippen LogP contribution >= 0.6 is 11.8 Å². The second kappa shape index (κ2) is 9.09. The number of nitrogens with zero attached hydrogens (tertiary/aromatic N) is 3. The standard InChI is InChI=1S/C29H36N4S/c1-19(2)27-24-17-21(20-8-13-33(14-9-20)22-10-15-34-16-11-22)6-7-26(24)31-28(27)25-18-32(3)29-23(25)5-4-12-30-29/h4-7,12,17-20,22,31H,8-11,13-16H2,1-3H3. The summed E-state index contributed by atoms with van der Waals surface area (Å²) in [5.41, 5.74) is 7.76. The summed E-state index contributed by atoms with van der Waals surface area (Å²) >= 11 is 2.13. The number of nitrogens with one attached hydrogen (secondary N) is 1. The van der Waals surface area contributed by atoms with E-state index in [9.17, 15) is 0 Å². The molecule has 34 heavy (non-hydrogen) atoms. The zero-order chi connectivity index (χ0) is 23.2. The van der Waals surface area contributed by atoms with Crippen LogP contribution in [0.1, 0.15) is 62.5 Å². The van der Waals surface area contributed by atoms with E-state index in [4.69, 9.17) is 0 Å². The number of likely N-dealkylation sites (tertiary alicyclic amines) is 1. The molecule has 178 valence electrons. The van der Waals surface area contributed by atoms with Crippen molar-refractivity contribution in [3.8, 4) is 11.3 Å². The SMILES string of the molecule is CC(C)c1c(-c2cn(C)c3ncccc23)[nH]c2ccc(C3CCN(C4CCSCC4)CC3)cc12. The fraction of sp³-hybridized carbons (Fsp3) is 0.483. The van der Waals surface area contributed by atoms with Crippen molar-refractivity contribution in [3.63, 3.8) is 0 Å². The first-order valence-corrected chi connectivity index (χ1v) is 14.1. The predicted octanol–water partition coefficient (Wildman–Crippen LogP) is 6.92. The maximum absolute atomic E-state index is 4.61. The minimum atomic E-state index is 0.442. The molecule has 1 N–H and O–H groups in total. The van der Waals surface area contributed by atoms with Gasteiger partial charge in [0, 0.05) is 47.3 Å². The van der Waals surface area contributed by atoms with E-state index >= 15 is 0 Å². The first-order chi connectivity index (χ1) is 16.6. The molecule has 2 saturated heterocycles. The minimum absolute atomic E-state index is 0.442. The van der Waals surface area contributed by atoms with E-state index in [0.717, 1.165) is 11.7 Å². The van der Waals surface area contributed by atoms with Crippen LogP contribution < -0.4 is 0 Å². The summed E-state index contributed by atoms with van der Waals surface area (Å²) in [4.78, 5) is 11.2. The Balaban J connectivity index is 1.33. The van der Waals surface area contributed by atoms with Crippen molar-refractivity contribution in [2.45, 2.75) is 57.4 Å². The van der Waals surface area contributed by atoms with Gasteiger partial charge in [-0.25, -0.2) is 4.98 Å². The Labute approximate surface area is 207 Å². The molecule has 2 aliphatic heterocycles. The van der Waals surface area contributed by atoms with E-state index in [1.165, 1.54) is 89.0 Å². The Bertz CT molecular complexity index is 1300. The number of piperidine rings is 1. The number of hydrogen-bond acceptors (Lipinski definition) is 3. The molecule has 2 fully saturated rings. The smallest absolute Gasteiger partial charge is 0.140 e. The van der Waals surface area contributed by atoms with E-state index in [1.807, 2.05) is 12.3 Å². The van der Waals surface area contributed by atoms with Gasteiger partial charge in [-0.1, -0.05) is 19.9 Å². The number of benzene rings is 1. The van der Waals surface area contributed by atoms with E-state index in [0.29, 0.717) is 11.8 Å². The van der Waals surface area contributed by atoms with Gasteiger partial charge in [-0.15, -0.1) is 0 Å². The van der Waals surface area contributed by atoms with Crippen LogP contribution in [0.25, 0.3) is 33.2 Å². The highest BCUT2D eigenvalue weighted by molar-refractivity contribution is 7.99. The lowest BCUT2D eigenvalue weighted by atomic mass is 9.87. The summed E-state index contributed by atoms with van der Waals surface area (Å²) < 4.78 is 2.14. The van der Waals surface area contributed by atoms with E-state index < -0.39 is 0 Å². The zero-order valence-electron chi connectivity index (χ0n) is 20.7. The number of aryl methyl sites for hydroxylation is 1. The molecule has 4 aromatic rings. The van der Waals surface area contributed by atoms with Gasteiger partial charge >= 0.3 is 0 Å². The van der Waals surface area contributed by atoms with Crippen molar-refractivity contribution in [1.29, 1.82) is 0 Å². The zero-order valence-corrected chi connectivity index (χ0v) is 21.5. The van der Waals surface area contributed by atoms with Crippen molar-refractivity contribution in [2.24, 2.45) is 7.05 Å². The first kappa shape index (κ1) is 22.2. The molecule has 0 radical (unpaired) electrons. The molecule has 4 nitrogen and oxygen atoms in total. The van der Waals surface area contributed by atoms with Crippen LogP contribution in [0, 0.1) is 0 Å². The molecule has 0 bridgehead atoms. The number of aromatic nitrogens is 3. The largest absolute Gasteiger partial charge is 0.354 e. The van der Waals surface area contributed by atoms with Crippen molar-refractivity contribution in [2.75, 3.05) is 24.6 Å². The quantitative estimate of drug-likeness (QED) is 0.350. The lowest BCUT2D eigenvalue weighted by Gasteiger charge is -2.39. The lowest BCUT2D eigenvalue weighted by molar-refractivity contribution is 0.144. The molecule has 5 heterocycles. The van der Waals surface area contributed by atoms with Crippen LogP contribution in [-0.2, 0) is 7.05 Å². The summed E-state index contributed by atoms with van der Waals surface area (Å²) in [5, 5.41) is 2.61. The van der Waals surface area contributed by atoms with Crippen LogP contribution in [0.5, 0.6) is 0 Å². The third-order valence-corrected chi connectivity index (χ3v) is 9.20. The summed E-state index contributed by atoms with van der Waals surface area (Å²) in [7, 11) is 2.09. The van der Waals surface area contributed by atoms with Gasteiger partial charge in [0.05, 0.1) is 5.69 Å². The van der Waals surface area contributed by atoms with Crippen LogP contribution in [0.2, 0.25) is 0 Å². The predicted molar refractivity (Wildman–Crippen MR) is 146 cm³/mol. The molecule has 2 aliphatic rings. The Morgan fingerprint density at radius 3 is 2.59 bits per heavy atom. The number of fused-ring (bicyclic) bond motifs is 2. The van der Waals surface area contributed by atoms with Crippen molar-refractivity contribution >= 4 is 33.7 Å². The number of H-pyrrole nitrogens is 1. The fourth-order valence-corrected chi connectivity index (χ4v) is 7.44. The van der Waals surface area contributed by atoms with Gasteiger partial charge in [0.1, 0.15) is 5.65 Å². The first-order valence-electron chi connectivity index (χ1n) is 13.0. The molecule has 0 saturated carbocycles. The Hall–Kier alpha value is -2.24. The van der Waals surface area contributed by atoms with E-state index in [2.05, 4.69) is 82.6 Å². The fourth-order valence-electron chi connectivity index (χ4n) is 6.36. The highest BCUT2D eigenvalue weighted by Gasteiger charge is 2.28. The highest BCUT2D eigenvalue weighted by Crippen LogP contribution is 2.40. The second-order valence-electron chi connectivity index (χ2n) is 10.6. The molecule has 0 aliphatic carbocycles. The van der Waals surface area contributed by atoms with Crippen molar-refractivity contribution in [1.82, 2.24) is 19.4 Å². The molecule has 0 unspecified atom stereocenters. The van der Waals surface area contributed by atoms with Gasteiger partial charge in [0.2, 0.25) is 0 Å². The Morgan fingerprint density at radius 2 is 1.82 bits per heavy atom. The van der Waals surface area contributed by atoms with E-state index in [1.54, 1.807) is 0 Å². The average molecular weight is 473 g/mol. The summed E-state index contributed by atoms with van der Waals surface area (Å²) in [6, 6.07) is 12.3. The van der Waals surface area contributed by atoms with Gasteiger partial charge < -0.3 is 14.5 Å². The molecule has 0 spiro atoms. The topological polar surface area (TPSA) is 36.9 Å².